The molecule has 2 aromatic rings. The van der Waals surface area contributed by atoms with E-state index in [1.807, 2.05) is 23.3 Å². The summed E-state index contributed by atoms with van der Waals surface area (Å²) in [5, 5.41) is 26.2. The summed E-state index contributed by atoms with van der Waals surface area (Å²) in [4.78, 5) is 6.95. The molecule has 3 aliphatic heterocycles. The predicted octanol–water partition coefficient (Wildman–Crippen LogP) is 4.56. The van der Waals surface area contributed by atoms with E-state index < -0.39 is 18.9 Å². The standard InChI is InChI=1S/C33H45F3N8O2/c1-21(5-6-22-7-8-22)32(45)42-11-9-27(10-12-42)43-19-25(17-39-43)24-14-29-37-18-28(44(29)40-16-24)23-3-2-4-26(13-23)41-31-15-30(46-31)38-20-33(34,35)36/h2-3,13,16-19,21-22,24,26-27,30-32,38,41,45H,4-12,14-15,20H2,1H3. The predicted molar refractivity (Wildman–Crippen MR) is 168 cm³/mol. The number of aliphatic hydroxyl groups excluding tert-OH is 1. The molecule has 2 aliphatic carbocycles. The van der Waals surface area contributed by atoms with Gasteiger partial charge in [-0.15, -0.1) is 0 Å². The van der Waals surface area contributed by atoms with Gasteiger partial charge in [-0.25, -0.2) is 9.66 Å². The van der Waals surface area contributed by atoms with Gasteiger partial charge in [0.1, 0.15) is 24.5 Å². The number of ether oxygens (including phenoxy) is 1. The number of aliphatic hydroxyl groups is 1. The van der Waals surface area contributed by atoms with E-state index in [2.05, 4.69) is 51.6 Å². The number of nitrogens with one attached hydrogen (secondary N) is 2. The number of aromatic nitrogens is 4. The largest absolute Gasteiger partial charge is 0.401 e. The van der Waals surface area contributed by atoms with Crippen molar-refractivity contribution in [2.24, 2.45) is 16.9 Å². The lowest BCUT2D eigenvalue weighted by Gasteiger charge is -2.39. The third-order valence-electron chi connectivity index (χ3n) is 10.2. The summed E-state index contributed by atoms with van der Waals surface area (Å²) in [5.41, 5.74) is 3.02. The third-order valence-corrected chi connectivity index (χ3v) is 10.2. The van der Waals surface area contributed by atoms with Crippen LogP contribution in [0.4, 0.5) is 13.2 Å². The molecule has 3 fully saturated rings. The highest BCUT2D eigenvalue weighted by Crippen LogP contribution is 2.36. The average molecular weight is 643 g/mol. The average Bonchev–Trinajstić information content (AvgIpc) is 3.55. The van der Waals surface area contributed by atoms with E-state index in [0.717, 1.165) is 73.8 Å². The molecule has 0 spiro atoms. The fraction of sp³-hybridized carbons (Fsp3) is 0.667. The van der Waals surface area contributed by atoms with Gasteiger partial charge >= 0.3 is 6.18 Å². The zero-order valence-corrected chi connectivity index (χ0v) is 26.3. The molecule has 1 saturated carbocycles. The lowest BCUT2D eigenvalue weighted by molar-refractivity contribution is -0.181. The first-order chi connectivity index (χ1) is 22.2. The van der Waals surface area contributed by atoms with Crippen LogP contribution < -0.4 is 10.6 Å². The van der Waals surface area contributed by atoms with E-state index in [0.29, 0.717) is 18.4 Å². The maximum Gasteiger partial charge on any atom is 0.401 e. The SMILES string of the molecule is CC(CCC1CC1)C(O)N1CCC(n2cc(C3C=Nn4c(C5=CC(NC6CC(NCC(F)(F)F)O6)CC=C5)cnc4C3)cn2)CC1. The van der Waals surface area contributed by atoms with E-state index in [1.54, 1.807) is 0 Å². The van der Waals surface area contributed by atoms with Gasteiger partial charge in [-0.05, 0) is 48.7 Å². The molecular weight excluding hydrogens is 597 g/mol. The van der Waals surface area contributed by atoms with Crippen molar-refractivity contribution in [1.29, 1.82) is 0 Å². The molecule has 6 atom stereocenters. The summed E-state index contributed by atoms with van der Waals surface area (Å²) >= 11 is 0. The van der Waals surface area contributed by atoms with Crippen molar-refractivity contribution >= 4 is 11.8 Å². The minimum absolute atomic E-state index is 0.00303. The first-order valence-corrected chi connectivity index (χ1v) is 16.9. The molecule has 0 amide bonds. The Morgan fingerprint density at radius 1 is 1.13 bits per heavy atom. The number of hydrogen-bond acceptors (Lipinski definition) is 8. The van der Waals surface area contributed by atoms with Gasteiger partial charge in [-0.2, -0.15) is 23.4 Å². The monoisotopic (exact) mass is 642 g/mol. The van der Waals surface area contributed by atoms with E-state index in [4.69, 9.17) is 19.9 Å². The summed E-state index contributed by atoms with van der Waals surface area (Å²) < 4.78 is 46.8. The Morgan fingerprint density at radius 2 is 1.93 bits per heavy atom. The Morgan fingerprint density at radius 3 is 2.70 bits per heavy atom. The summed E-state index contributed by atoms with van der Waals surface area (Å²) in [7, 11) is 0. The van der Waals surface area contributed by atoms with Crippen LogP contribution in [0.25, 0.3) is 5.57 Å². The second-order valence-electron chi connectivity index (χ2n) is 13.8. The maximum absolute atomic E-state index is 12.4. The molecule has 0 bridgehead atoms. The van der Waals surface area contributed by atoms with Crippen molar-refractivity contribution < 1.29 is 23.0 Å². The number of alkyl halides is 3. The fourth-order valence-corrected chi connectivity index (χ4v) is 7.08. The van der Waals surface area contributed by atoms with Crippen molar-refractivity contribution in [3.8, 4) is 0 Å². The normalized spacial score (nSPS) is 28.5. The lowest BCUT2D eigenvalue weighted by Crippen LogP contribution is -2.56. The van der Waals surface area contributed by atoms with Crippen LogP contribution in [-0.4, -0.2) is 86.2 Å². The third kappa shape index (κ3) is 7.49. The Hall–Kier alpha value is -2.84. The van der Waals surface area contributed by atoms with Crippen LogP contribution >= 0.6 is 0 Å². The number of hydrogen-bond donors (Lipinski definition) is 3. The molecule has 2 saturated heterocycles. The second-order valence-corrected chi connectivity index (χ2v) is 13.8. The van der Waals surface area contributed by atoms with Crippen molar-refractivity contribution in [1.82, 2.24) is 35.0 Å². The Balaban J connectivity index is 0.907. The molecule has 250 valence electrons. The highest BCUT2D eigenvalue weighted by atomic mass is 19.4. The van der Waals surface area contributed by atoms with Crippen LogP contribution in [0.15, 0.2) is 41.9 Å². The lowest BCUT2D eigenvalue weighted by atomic mass is 9.97. The van der Waals surface area contributed by atoms with Crippen LogP contribution in [0.1, 0.15) is 87.3 Å². The van der Waals surface area contributed by atoms with Gasteiger partial charge in [0.15, 0.2) is 0 Å². The number of nitrogens with zero attached hydrogens (tertiary/aromatic N) is 6. The van der Waals surface area contributed by atoms with Crippen molar-refractivity contribution in [3.05, 3.63) is 53.9 Å². The number of imidazole rings is 1. The van der Waals surface area contributed by atoms with E-state index in [1.165, 1.54) is 19.3 Å². The first-order valence-electron chi connectivity index (χ1n) is 16.9. The highest BCUT2D eigenvalue weighted by molar-refractivity contribution is 5.75. The van der Waals surface area contributed by atoms with E-state index >= 15 is 0 Å². The smallest absolute Gasteiger partial charge is 0.378 e. The van der Waals surface area contributed by atoms with E-state index in [-0.39, 0.29) is 24.4 Å². The Bertz CT molecular complexity index is 1430. The van der Waals surface area contributed by atoms with E-state index in [9.17, 15) is 18.3 Å². The van der Waals surface area contributed by atoms with Gasteiger partial charge in [0, 0.05) is 50.3 Å². The van der Waals surface area contributed by atoms with Crippen LogP contribution in [0.3, 0.4) is 0 Å². The van der Waals surface area contributed by atoms with Crippen LogP contribution in [-0.2, 0) is 11.2 Å². The highest BCUT2D eigenvalue weighted by Gasteiger charge is 2.36. The number of piperidine rings is 1. The molecule has 0 aromatic carbocycles. The van der Waals surface area contributed by atoms with Crippen molar-refractivity contribution in [2.45, 2.75) is 108 Å². The molecule has 46 heavy (non-hydrogen) atoms. The van der Waals surface area contributed by atoms with Gasteiger partial charge in [0.2, 0.25) is 0 Å². The van der Waals surface area contributed by atoms with Crippen LogP contribution in [0.2, 0.25) is 0 Å². The molecule has 5 heterocycles. The minimum atomic E-state index is -4.25. The molecule has 10 nitrogen and oxygen atoms in total. The summed E-state index contributed by atoms with van der Waals surface area (Å²) in [5.74, 6) is 2.19. The van der Waals surface area contributed by atoms with Crippen molar-refractivity contribution in [3.63, 3.8) is 0 Å². The van der Waals surface area contributed by atoms with Gasteiger partial charge in [0.25, 0.3) is 0 Å². The molecular formula is C33H45F3N8O2. The number of halogens is 3. The summed E-state index contributed by atoms with van der Waals surface area (Å²) in [6.07, 6.45) is 17.7. The number of fused-ring (bicyclic) bond motifs is 1. The second kappa shape index (κ2) is 13.3. The molecule has 2 aromatic heterocycles. The van der Waals surface area contributed by atoms with Gasteiger partial charge < -0.3 is 9.84 Å². The zero-order valence-electron chi connectivity index (χ0n) is 26.3. The zero-order chi connectivity index (χ0) is 31.8. The molecule has 0 radical (unpaired) electrons. The number of likely N-dealkylation sites (tertiary alicyclic amines) is 1. The maximum atomic E-state index is 12.4. The number of allylic oxidation sites excluding steroid dienone is 2. The van der Waals surface area contributed by atoms with Crippen LogP contribution in [0.5, 0.6) is 0 Å². The summed E-state index contributed by atoms with van der Waals surface area (Å²) in [6.45, 7) is 2.90. The molecule has 13 heteroatoms. The topological polar surface area (TPSA) is 105 Å². The van der Waals surface area contributed by atoms with Gasteiger partial charge in [-0.3, -0.25) is 20.2 Å². The summed E-state index contributed by atoms with van der Waals surface area (Å²) in [6, 6.07) is 0.323. The fourth-order valence-electron chi connectivity index (χ4n) is 7.08. The van der Waals surface area contributed by atoms with Crippen molar-refractivity contribution in [2.75, 3.05) is 19.6 Å². The minimum Gasteiger partial charge on any atom is -0.378 e. The Labute approximate surface area is 267 Å². The number of rotatable bonds is 12. The van der Waals surface area contributed by atoms with Gasteiger partial charge in [-0.1, -0.05) is 44.4 Å². The quantitative estimate of drug-likeness (QED) is 0.312. The molecule has 7 rings (SSSR count). The molecule has 5 aliphatic rings. The van der Waals surface area contributed by atoms with Gasteiger partial charge in [0.05, 0.1) is 30.7 Å². The molecule has 3 N–H and O–H groups in total. The Kier molecular flexibility index (Phi) is 9.21. The van der Waals surface area contributed by atoms with Crippen LogP contribution in [0, 0.1) is 11.8 Å². The first kappa shape index (κ1) is 31.7. The molecule has 6 unspecified atom stereocenters.